The highest BCUT2D eigenvalue weighted by molar-refractivity contribution is 5.80. The van der Waals surface area contributed by atoms with E-state index in [0.29, 0.717) is 6.61 Å². The number of rotatable bonds is 2. The van der Waals surface area contributed by atoms with E-state index in [1.807, 2.05) is 23.1 Å². The number of carbonyl (C=O) groups excluding carboxylic acids is 1. The number of benzene rings is 1. The molecule has 4 heteroatoms. The first-order chi connectivity index (χ1) is 9.78. The predicted molar refractivity (Wildman–Crippen MR) is 76.1 cm³/mol. The lowest BCUT2D eigenvalue weighted by Crippen LogP contribution is -2.43. The van der Waals surface area contributed by atoms with Crippen molar-refractivity contribution in [1.29, 1.82) is 0 Å². The molecule has 108 valence electrons. The molecule has 0 bridgehead atoms. The summed E-state index contributed by atoms with van der Waals surface area (Å²) in [6, 6.07) is 5.80. The average molecular weight is 275 g/mol. The first-order valence-electron chi connectivity index (χ1n) is 7.36. The van der Waals surface area contributed by atoms with Crippen LogP contribution in [0.5, 0.6) is 11.5 Å². The number of piperidine rings is 1. The van der Waals surface area contributed by atoms with E-state index in [1.165, 1.54) is 6.42 Å². The molecule has 0 N–H and O–H groups in total. The molecular formula is C16H21NO3. The van der Waals surface area contributed by atoms with Crippen molar-refractivity contribution in [3.05, 3.63) is 23.8 Å². The van der Waals surface area contributed by atoms with Gasteiger partial charge in [0.15, 0.2) is 0 Å². The first-order valence-corrected chi connectivity index (χ1v) is 7.36. The minimum atomic E-state index is -0.0484. The zero-order valence-electron chi connectivity index (χ0n) is 11.9. The smallest absolute Gasteiger partial charge is 0.229 e. The zero-order valence-corrected chi connectivity index (χ0v) is 11.9. The van der Waals surface area contributed by atoms with Crippen LogP contribution in [0.1, 0.15) is 24.8 Å². The van der Waals surface area contributed by atoms with E-state index in [0.717, 1.165) is 49.4 Å². The highest BCUT2D eigenvalue weighted by atomic mass is 16.5. The number of ether oxygens (including phenoxy) is 2. The predicted octanol–water partition coefficient (Wildman–Crippen LogP) is 2.26. The molecule has 1 amide bonds. The van der Waals surface area contributed by atoms with Crippen molar-refractivity contribution in [1.82, 2.24) is 4.90 Å². The molecule has 2 aliphatic rings. The van der Waals surface area contributed by atoms with Crippen LogP contribution in [-0.2, 0) is 11.2 Å². The van der Waals surface area contributed by atoms with Crippen LogP contribution in [0.4, 0.5) is 0 Å². The molecule has 1 saturated heterocycles. The topological polar surface area (TPSA) is 38.8 Å². The Morgan fingerprint density at radius 1 is 1.30 bits per heavy atom. The second kappa shape index (κ2) is 5.73. The fraction of sp³-hybridized carbons (Fsp3) is 0.562. The van der Waals surface area contributed by atoms with Gasteiger partial charge in [-0.3, -0.25) is 4.79 Å². The van der Waals surface area contributed by atoms with Gasteiger partial charge in [0.05, 0.1) is 13.0 Å². The molecule has 0 aliphatic carbocycles. The van der Waals surface area contributed by atoms with E-state index in [1.54, 1.807) is 7.11 Å². The largest absolute Gasteiger partial charge is 0.497 e. The fourth-order valence-corrected chi connectivity index (χ4v) is 3.03. The van der Waals surface area contributed by atoms with Gasteiger partial charge in [0.25, 0.3) is 0 Å². The van der Waals surface area contributed by atoms with Gasteiger partial charge in [0.1, 0.15) is 18.1 Å². The molecule has 1 aromatic rings. The first kappa shape index (κ1) is 13.3. The number of hydrogen-bond acceptors (Lipinski definition) is 3. The van der Waals surface area contributed by atoms with Gasteiger partial charge in [0.2, 0.25) is 5.91 Å². The van der Waals surface area contributed by atoms with E-state index in [2.05, 4.69) is 0 Å². The Labute approximate surface area is 119 Å². The Bertz CT molecular complexity index is 494. The van der Waals surface area contributed by atoms with Crippen LogP contribution < -0.4 is 9.47 Å². The van der Waals surface area contributed by atoms with Gasteiger partial charge in [0, 0.05) is 13.1 Å². The van der Waals surface area contributed by atoms with Crippen LogP contribution in [0, 0.1) is 5.92 Å². The van der Waals surface area contributed by atoms with Crippen molar-refractivity contribution in [2.24, 2.45) is 5.92 Å². The summed E-state index contributed by atoms with van der Waals surface area (Å²) < 4.78 is 11.0. The highest BCUT2D eigenvalue weighted by Crippen LogP contribution is 2.31. The van der Waals surface area contributed by atoms with Crippen molar-refractivity contribution in [3.63, 3.8) is 0 Å². The van der Waals surface area contributed by atoms with Gasteiger partial charge in [-0.05, 0) is 49.4 Å². The third kappa shape index (κ3) is 2.60. The standard InChI is InChI=1S/C16H21NO3/c1-19-14-5-6-15-12(10-14)9-13(11-20-15)16(18)17-7-3-2-4-8-17/h5-6,10,13H,2-4,7-9,11H2,1H3. The normalized spacial score (nSPS) is 21.9. The molecule has 2 heterocycles. The molecule has 1 unspecified atom stereocenters. The van der Waals surface area contributed by atoms with E-state index in [-0.39, 0.29) is 11.8 Å². The number of carbonyl (C=O) groups is 1. The third-order valence-electron chi connectivity index (χ3n) is 4.19. The molecule has 0 spiro atoms. The summed E-state index contributed by atoms with van der Waals surface area (Å²) in [5.41, 5.74) is 1.07. The molecule has 2 aliphatic heterocycles. The molecule has 3 rings (SSSR count). The van der Waals surface area contributed by atoms with Gasteiger partial charge >= 0.3 is 0 Å². The maximum absolute atomic E-state index is 12.5. The van der Waals surface area contributed by atoms with Crippen molar-refractivity contribution >= 4 is 5.91 Å². The van der Waals surface area contributed by atoms with Gasteiger partial charge in [-0.25, -0.2) is 0 Å². The van der Waals surface area contributed by atoms with Crippen LogP contribution >= 0.6 is 0 Å². The molecule has 1 fully saturated rings. The SMILES string of the molecule is COc1ccc2c(c1)CC(C(=O)N1CCCCC1)CO2. The van der Waals surface area contributed by atoms with E-state index >= 15 is 0 Å². The number of likely N-dealkylation sites (tertiary alicyclic amines) is 1. The number of nitrogens with zero attached hydrogens (tertiary/aromatic N) is 1. The summed E-state index contributed by atoms with van der Waals surface area (Å²) in [4.78, 5) is 14.5. The van der Waals surface area contributed by atoms with Gasteiger partial charge in [-0.2, -0.15) is 0 Å². The second-order valence-electron chi connectivity index (χ2n) is 5.57. The second-order valence-corrected chi connectivity index (χ2v) is 5.57. The minimum absolute atomic E-state index is 0.0484. The molecule has 1 aromatic carbocycles. The van der Waals surface area contributed by atoms with E-state index in [4.69, 9.17) is 9.47 Å². The highest BCUT2D eigenvalue weighted by Gasteiger charge is 2.30. The Balaban J connectivity index is 1.72. The minimum Gasteiger partial charge on any atom is -0.497 e. The van der Waals surface area contributed by atoms with Crippen molar-refractivity contribution in [3.8, 4) is 11.5 Å². The lowest BCUT2D eigenvalue weighted by molar-refractivity contribution is -0.137. The molecule has 20 heavy (non-hydrogen) atoms. The van der Waals surface area contributed by atoms with Gasteiger partial charge in [-0.1, -0.05) is 0 Å². The monoisotopic (exact) mass is 275 g/mol. The zero-order chi connectivity index (χ0) is 13.9. The Kier molecular flexibility index (Phi) is 3.81. The number of amides is 1. The number of hydrogen-bond donors (Lipinski definition) is 0. The van der Waals surface area contributed by atoms with Crippen LogP contribution in [0.15, 0.2) is 18.2 Å². The lowest BCUT2D eigenvalue weighted by atomic mass is 9.94. The number of methoxy groups -OCH3 is 1. The lowest BCUT2D eigenvalue weighted by Gasteiger charge is -2.32. The molecule has 0 aromatic heterocycles. The summed E-state index contributed by atoms with van der Waals surface area (Å²) in [6.07, 6.45) is 4.25. The summed E-state index contributed by atoms with van der Waals surface area (Å²) >= 11 is 0. The molecular weight excluding hydrogens is 254 g/mol. The summed E-state index contributed by atoms with van der Waals surface area (Å²) in [6.45, 7) is 2.30. The van der Waals surface area contributed by atoms with E-state index < -0.39 is 0 Å². The quantitative estimate of drug-likeness (QED) is 0.831. The maximum Gasteiger partial charge on any atom is 0.229 e. The molecule has 0 saturated carbocycles. The Morgan fingerprint density at radius 2 is 2.10 bits per heavy atom. The van der Waals surface area contributed by atoms with Crippen molar-refractivity contribution in [2.45, 2.75) is 25.7 Å². The third-order valence-corrected chi connectivity index (χ3v) is 4.19. The summed E-state index contributed by atoms with van der Waals surface area (Å²) in [5.74, 6) is 1.90. The van der Waals surface area contributed by atoms with E-state index in [9.17, 15) is 4.79 Å². The molecule has 4 nitrogen and oxygen atoms in total. The van der Waals surface area contributed by atoms with Crippen LogP contribution in [0.25, 0.3) is 0 Å². The molecule has 0 radical (unpaired) electrons. The summed E-state index contributed by atoms with van der Waals surface area (Å²) in [7, 11) is 1.65. The summed E-state index contributed by atoms with van der Waals surface area (Å²) in [5, 5.41) is 0. The van der Waals surface area contributed by atoms with Crippen molar-refractivity contribution in [2.75, 3.05) is 26.8 Å². The Hall–Kier alpha value is -1.71. The van der Waals surface area contributed by atoms with Crippen LogP contribution in [0.2, 0.25) is 0 Å². The van der Waals surface area contributed by atoms with Gasteiger partial charge in [-0.15, -0.1) is 0 Å². The fourth-order valence-electron chi connectivity index (χ4n) is 3.03. The average Bonchev–Trinajstić information content (AvgIpc) is 2.54. The van der Waals surface area contributed by atoms with Gasteiger partial charge < -0.3 is 14.4 Å². The number of fused-ring (bicyclic) bond motifs is 1. The van der Waals surface area contributed by atoms with Crippen LogP contribution in [0.3, 0.4) is 0 Å². The molecule has 1 atom stereocenters. The maximum atomic E-state index is 12.5. The van der Waals surface area contributed by atoms with Crippen LogP contribution in [-0.4, -0.2) is 37.6 Å². The Morgan fingerprint density at radius 3 is 2.85 bits per heavy atom. The van der Waals surface area contributed by atoms with Crippen molar-refractivity contribution < 1.29 is 14.3 Å².